The van der Waals surface area contributed by atoms with Crippen LogP contribution in [0.5, 0.6) is 0 Å². The molecular weight excluding hydrogens is 331 g/mol. The van der Waals surface area contributed by atoms with Crippen molar-refractivity contribution in [2.75, 3.05) is 0 Å². The molecule has 0 nitrogen and oxygen atoms in total. The van der Waals surface area contributed by atoms with Gasteiger partial charge in [-0.05, 0) is 25.0 Å². The van der Waals surface area contributed by atoms with Gasteiger partial charge in [-0.1, -0.05) is 92.8 Å². The SMILES string of the molecule is ClC1(Cl)C2CCCCCCCCCCC21Sc1ccccc1. The monoisotopic (exact) mass is 356 g/mol. The summed E-state index contributed by atoms with van der Waals surface area (Å²) in [6.07, 6.45) is 13.1. The Kier molecular flexibility index (Phi) is 5.69. The van der Waals surface area contributed by atoms with Crippen molar-refractivity contribution < 1.29 is 0 Å². The van der Waals surface area contributed by atoms with Crippen LogP contribution in [0.4, 0.5) is 0 Å². The molecule has 122 valence electrons. The van der Waals surface area contributed by atoms with Crippen LogP contribution in [0, 0.1) is 5.92 Å². The van der Waals surface area contributed by atoms with Gasteiger partial charge in [0.15, 0.2) is 0 Å². The first-order valence-electron chi connectivity index (χ1n) is 8.79. The molecule has 0 heterocycles. The first-order valence-corrected chi connectivity index (χ1v) is 10.4. The summed E-state index contributed by atoms with van der Waals surface area (Å²) in [4.78, 5) is 1.31. The van der Waals surface area contributed by atoms with Crippen LogP contribution in [0.3, 0.4) is 0 Å². The van der Waals surface area contributed by atoms with E-state index in [1.54, 1.807) is 0 Å². The number of halogens is 2. The van der Waals surface area contributed by atoms with Crippen molar-refractivity contribution >= 4 is 35.0 Å². The van der Waals surface area contributed by atoms with Crippen molar-refractivity contribution in [1.82, 2.24) is 0 Å². The van der Waals surface area contributed by atoms with Gasteiger partial charge >= 0.3 is 0 Å². The zero-order chi connectivity index (χ0) is 15.5. The quantitative estimate of drug-likeness (QED) is 0.503. The minimum Gasteiger partial charge on any atom is -0.116 e. The first-order chi connectivity index (χ1) is 10.7. The van der Waals surface area contributed by atoms with Crippen molar-refractivity contribution in [2.24, 2.45) is 5.92 Å². The molecule has 0 N–H and O–H groups in total. The highest BCUT2D eigenvalue weighted by molar-refractivity contribution is 8.01. The summed E-state index contributed by atoms with van der Waals surface area (Å²) < 4.78 is -0.502. The van der Waals surface area contributed by atoms with Crippen LogP contribution in [-0.2, 0) is 0 Å². The summed E-state index contributed by atoms with van der Waals surface area (Å²) in [5.74, 6) is 0.452. The third kappa shape index (κ3) is 3.47. The largest absolute Gasteiger partial charge is 0.137 e. The third-order valence-corrected chi connectivity index (χ3v) is 8.42. The predicted octanol–water partition coefficient (Wildman–Crippen LogP) is 7.24. The Labute approximate surface area is 149 Å². The molecule has 3 heteroatoms. The first kappa shape index (κ1) is 17.0. The molecule has 2 aliphatic carbocycles. The molecule has 0 amide bonds. The van der Waals surface area contributed by atoms with Gasteiger partial charge in [0.05, 0.1) is 4.75 Å². The van der Waals surface area contributed by atoms with Crippen molar-refractivity contribution in [1.29, 1.82) is 0 Å². The van der Waals surface area contributed by atoms with E-state index in [4.69, 9.17) is 23.2 Å². The molecule has 2 fully saturated rings. The summed E-state index contributed by atoms with van der Waals surface area (Å²) in [6.45, 7) is 0. The van der Waals surface area contributed by atoms with E-state index < -0.39 is 4.33 Å². The van der Waals surface area contributed by atoms with E-state index in [1.165, 1.54) is 62.7 Å². The smallest absolute Gasteiger partial charge is 0.116 e. The maximum Gasteiger partial charge on any atom is 0.137 e. The molecule has 1 aromatic carbocycles. The molecule has 0 spiro atoms. The van der Waals surface area contributed by atoms with Crippen molar-refractivity contribution in [3.05, 3.63) is 30.3 Å². The van der Waals surface area contributed by atoms with Crippen molar-refractivity contribution in [3.63, 3.8) is 0 Å². The van der Waals surface area contributed by atoms with Crippen LogP contribution < -0.4 is 0 Å². The molecule has 2 atom stereocenters. The Bertz CT molecular complexity index is 474. The molecule has 2 aliphatic rings. The molecule has 0 radical (unpaired) electrons. The lowest BCUT2D eigenvalue weighted by Gasteiger charge is -2.19. The second-order valence-electron chi connectivity index (χ2n) is 6.85. The van der Waals surface area contributed by atoms with Gasteiger partial charge in [0.25, 0.3) is 0 Å². The summed E-state index contributed by atoms with van der Waals surface area (Å²) in [5.41, 5.74) is 0. The molecule has 0 bridgehead atoms. The molecule has 2 unspecified atom stereocenters. The Morgan fingerprint density at radius 2 is 1.41 bits per heavy atom. The van der Waals surface area contributed by atoms with E-state index in [0.717, 1.165) is 6.42 Å². The summed E-state index contributed by atoms with van der Waals surface area (Å²) >= 11 is 15.5. The molecule has 22 heavy (non-hydrogen) atoms. The predicted molar refractivity (Wildman–Crippen MR) is 99.1 cm³/mol. The number of rotatable bonds is 2. The van der Waals surface area contributed by atoms with Crippen LogP contribution >= 0.6 is 35.0 Å². The van der Waals surface area contributed by atoms with Gasteiger partial charge in [-0.25, -0.2) is 0 Å². The summed E-state index contributed by atoms with van der Waals surface area (Å²) in [6, 6.07) is 10.7. The van der Waals surface area contributed by atoms with E-state index in [-0.39, 0.29) is 4.75 Å². The van der Waals surface area contributed by atoms with Crippen molar-refractivity contribution in [2.45, 2.75) is 78.2 Å². The number of fused-ring (bicyclic) bond motifs is 1. The van der Waals surface area contributed by atoms with Crippen molar-refractivity contribution in [3.8, 4) is 0 Å². The summed E-state index contributed by atoms with van der Waals surface area (Å²) in [7, 11) is 0. The molecule has 3 rings (SSSR count). The average molecular weight is 357 g/mol. The van der Waals surface area contributed by atoms with Gasteiger partial charge in [-0.2, -0.15) is 0 Å². The molecular formula is C19H26Cl2S. The molecule has 2 saturated carbocycles. The van der Waals surface area contributed by atoms with Crippen LogP contribution in [-0.4, -0.2) is 9.08 Å². The molecule has 0 aromatic heterocycles. The Morgan fingerprint density at radius 1 is 0.818 bits per heavy atom. The maximum atomic E-state index is 6.80. The molecule has 0 saturated heterocycles. The number of hydrogen-bond donors (Lipinski definition) is 0. The van der Waals surface area contributed by atoms with Gasteiger partial charge in [0.2, 0.25) is 0 Å². The van der Waals surface area contributed by atoms with Crippen LogP contribution in [0.15, 0.2) is 35.2 Å². The zero-order valence-corrected chi connectivity index (χ0v) is 15.5. The van der Waals surface area contributed by atoms with Crippen LogP contribution in [0.2, 0.25) is 0 Å². The number of alkyl halides is 2. The van der Waals surface area contributed by atoms with Gasteiger partial charge in [0, 0.05) is 10.8 Å². The minimum absolute atomic E-state index is 0.0384. The number of benzene rings is 1. The Balaban J connectivity index is 1.74. The van der Waals surface area contributed by atoms with E-state index in [1.807, 2.05) is 11.8 Å². The third-order valence-electron chi connectivity index (χ3n) is 5.32. The second kappa shape index (κ2) is 7.36. The Hall–Kier alpha value is 0.150. The fourth-order valence-electron chi connectivity index (χ4n) is 3.95. The normalized spacial score (nSPS) is 32.4. The van der Waals surface area contributed by atoms with Crippen LogP contribution in [0.25, 0.3) is 0 Å². The highest BCUT2D eigenvalue weighted by Gasteiger charge is 2.75. The molecule has 0 aliphatic heterocycles. The second-order valence-corrected chi connectivity index (χ2v) is 9.64. The molecule has 1 aromatic rings. The van der Waals surface area contributed by atoms with Gasteiger partial charge in [0.1, 0.15) is 4.33 Å². The van der Waals surface area contributed by atoms with Gasteiger partial charge in [-0.15, -0.1) is 11.8 Å². The minimum atomic E-state index is -0.540. The fourth-order valence-corrected chi connectivity index (χ4v) is 6.86. The Morgan fingerprint density at radius 3 is 2.09 bits per heavy atom. The van der Waals surface area contributed by atoms with E-state index in [9.17, 15) is 0 Å². The number of hydrogen-bond acceptors (Lipinski definition) is 1. The fraction of sp³-hybridized carbons (Fsp3) is 0.684. The lowest BCUT2D eigenvalue weighted by Crippen LogP contribution is -2.13. The van der Waals surface area contributed by atoms with E-state index in [2.05, 4.69) is 30.3 Å². The average Bonchev–Trinajstić information content (AvgIpc) is 2.94. The topological polar surface area (TPSA) is 0 Å². The summed E-state index contributed by atoms with van der Waals surface area (Å²) in [5, 5.41) is 0. The lowest BCUT2D eigenvalue weighted by atomic mass is 10.0. The number of thioether (sulfide) groups is 1. The van der Waals surface area contributed by atoms with Gasteiger partial charge < -0.3 is 0 Å². The standard InChI is InChI=1S/C19H26Cl2S/c20-19(21)17-14-10-5-3-1-2-4-6-11-15-18(17,19)22-16-12-8-7-9-13-16/h7-9,12-13,17H,1-6,10-11,14-15H2. The van der Waals surface area contributed by atoms with Gasteiger partial charge in [-0.3, -0.25) is 0 Å². The van der Waals surface area contributed by atoms with Crippen LogP contribution in [0.1, 0.15) is 64.2 Å². The highest BCUT2D eigenvalue weighted by atomic mass is 35.5. The van der Waals surface area contributed by atoms with E-state index >= 15 is 0 Å². The lowest BCUT2D eigenvalue weighted by molar-refractivity contribution is 0.504. The van der Waals surface area contributed by atoms with E-state index in [0.29, 0.717) is 5.92 Å². The maximum absolute atomic E-state index is 6.80. The zero-order valence-electron chi connectivity index (χ0n) is 13.2. The highest BCUT2D eigenvalue weighted by Crippen LogP contribution is 2.74.